The van der Waals surface area contributed by atoms with E-state index < -0.39 is 5.41 Å². The SMILES string of the molecule is C=C.C=C/C=C\C1=C2CC=CC=C2c2c1n(-c1ccccc1)c1ccc(-c3ccc(-c4ccc(N(c5ccc(-c6ccccc6)cc5)c5ccc6c(c5)C(c5ccccc5)(c5ccccc5)c5ccccc5-6)cc4)cc3)cc21.CC.C\C=C/C=C(/C=C\CC)CC. The van der Waals surface area contributed by atoms with E-state index in [1.54, 1.807) is 0 Å². The molecular weight excluding hydrogens is 1100 g/mol. The summed E-state index contributed by atoms with van der Waals surface area (Å²) in [7, 11) is 0. The van der Waals surface area contributed by atoms with Crippen molar-refractivity contribution in [3.8, 4) is 50.2 Å². The minimum absolute atomic E-state index is 0.514. The maximum atomic E-state index is 4.01. The molecule has 10 aromatic carbocycles. The molecule has 0 fully saturated rings. The lowest BCUT2D eigenvalue weighted by molar-refractivity contribution is 0.768. The van der Waals surface area contributed by atoms with Gasteiger partial charge in [-0.15, -0.1) is 13.2 Å². The molecule has 14 rings (SSSR count). The molecule has 0 amide bonds. The molecule has 0 aliphatic heterocycles. The molecule has 3 aliphatic rings. The van der Waals surface area contributed by atoms with Crippen molar-refractivity contribution in [2.24, 2.45) is 0 Å². The number of aromatic nitrogens is 1. The van der Waals surface area contributed by atoms with Crippen LogP contribution in [0.2, 0.25) is 0 Å². The third-order valence-electron chi connectivity index (χ3n) is 17.4. The maximum Gasteiger partial charge on any atom is 0.0714 e. The highest BCUT2D eigenvalue weighted by Gasteiger charge is 2.46. The predicted octanol–water partition coefficient (Wildman–Crippen LogP) is 25.0. The quantitative estimate of drug-likeness (QED) is 0.0734. The molecule has 91 heavy (non-hydrogen) atoms. The first-order chi connectivity index (χ1) is 45.0. The molecule has 11 aromatic rings. The number of fused-ring (bicyclic) bond motifs is 8. The van der Waals surface area contributed by atoms with Gasteiger partial charge in [0.25, 0.3) is 0 Å². The van der Waals surface area contributed by atoms with Gasteiger partial charge in [0.2, 0.25) is 0 Å². The van der Waals surface area contributed by atoms with E-state index in [0.29, 0.717) is 0 Å². The molecule has 3 aliphatic carbocycles. The van der Waals surface area contributed by atoms with Gasteiger partial charge < -0.3 is 9.47 Å². The molecule has 2 nitrogen and oxygen atoms in total. The van der Waals surface area contributed by atoms with Crippen LogP contribution in [-0.2, 0) is 5.41 Å². The summed E-state index contributed by atoms with van der Waals surface area (Å²) in [6.07, 6.45) is 26.8. The van der Waals surface area contributed by atoms with Crippen LogP contribution in [0.5, 0.6) is 0 Å². The molecule has 0 spiro atoms. The Hall–Kier alpha value is -10.8. The molecule has 0 saturated heterocycles. The van der Waals surface area contributed by atoms with E-state index in [1.807, 2.05) is 26.8 Å². The van der Waals surface area contributed by atoms with Crippen LogP contribution in [0.3, 0.4) is 0 Å². The number of nitrogens with zero attached hydrogens (tertiary/aromatic N) is 2. The van der Waals surface area contributed by atoms with E-state index in [-0.39, 0.29) is 0 Å². The number of rotatable bonds is 15. The van der Waals surface area contributed by atoms with Crippen LogP contribution in [0.1, 0.15) is 87.4 Å². The Kier molecular flexibility index (Phi) is 19.7. The van der Waals surface area contributed by atoms with Crippen molar-refractivity contribution in [1.82, 2.24) is 4.57 Å². The molecule has 1 heterocycles. The Balaban J connectivity index is 0.000000512. The zero-order valence-corrected chi connectivity index (χ0v) is 53.2. The summed E-state index contributed by atoms with van der Waals surface area (Å²) in [6.45, 7) is 20.4. The molecule has 0 saturated carbocycles. The number of para-hydroxylation sites is 1. The second-order valence-electron chi connectivity index (χ2n) is 22.4. The Morgan fingerprint density at radius 3 is 1.64 bits per heavy atom. The van der Waals surface area contributed by atoms with Crippen molar-refractivity contribution in [2.75, 3.05) is 4.90 Å². The molecule has 0 radical (unpaired) electrons. The summed E-state index contributed by atoms with van der Waals surface area (Å²) in [5.41, 5.74) is 27.7. The average Bonchev–Trinajstić information content (AvgIpc) is 1.57. The van der Waals surface area contributed by atoms with Crippen molar-refractivity contribution in [2.45, 2.75) is 59.3 Å². The minimum Gasteiger partial charge on any atom is -0.310 e. The van der Waals surface area contributed by atoms with Gasteiger partial charge in [-0.25, -0.2) is 0 Å². The smallest absolute Gasteiger partial charge is 0.0714 e. The monoisotopic (exact) mass is 1180 g/mol. The third-order valence-corrected chi connectivity index (χ3v) is 17.4. The standard InChI is InChI=1S/C74H52N2.C11H18.C2H6.C2H4/c1-2-3-28-67-63-29-16-17-31-66(63)72-68-49-56(41-48-71(68)76(73(67)72)59-26-14-7-15-27-59)55-35-33-52(34-36-55)54-39-44-61(45-40-54)75(60-42-37-53(38-43-60)51-20-8-4-9-21-51)62-46-47-65-64-30-18-19-32-69(64)74(70(65)50-62,57-22-10-5-11-23-57)58-24-12-6-13-25-58;1-4-7-9-11(6-3)10-8-5-2;2*1-2/h2-28,30-50H,1,29H2;4,7-10H,5-6H2,1-3H3;1-2H3;1-2H2/b28-3-;7-4-,10-8-,11-9+;;. The summed E-state index contributed by atoms with van der Waals surface area (Å²) < 4.78 is 2.45. The number of benzene rings is 10. The topological polar surface area (TPSA) is 8.17 Å². The lowest BCUT2D eigenvalue weighted by atomic mass is 9.67. The number of hydrogen-bond acceptors (Lipinski definition) is 1. The largest absolute Gasteiger partial charge is 0.310 e. The highest BCUT2D eigenvalue weighted by Crippen LogP contribution is 2.58. The molecule has 0 N–H and O–H groups in total. The summed E-state index contributed by atoms with van der Waals surface area (Å²) in [5.74, 6) is 0. The van der Waals surface area contributed by atoms with Crippen molar-refractivity contribution in [3.05, 3.63) is 386 Å². The van der Waals surface area contributed by atoms with Gasteiger partial charge in [0.05, 0.1) is 16.6 Å². The van der Waals surface area contributed by atoms with E-state index in [2.05, 4.69) is 359 Å². The van der Waals surface area contributed by atoms with Crippen LogP contribution in [-0.4, -0.2) is 4.57 Å². The highest BCUT2D eigenvalue weighted by atomic mass is 15.1. The van der Waals surface area contributed by atoms with Crippen LogP contribution >= 0.6 is 0 Å². The van der Waals surface area contributed by atoms with Crippen LogP contribution in [0.15, 0.2) is 353 Å². The van der Waals surface area contributed by atoms with E-state index in [4.69, 9.17) is 0 Å². The predicted molar refractivity (Wildman–Crippen MR) is 395 cm³/mol. The highest BCUT2D eigenvalue weighted by molar-refractivity contribution is 6.13. The van der Waals surface area contributed by atoms with Gasteiger partial charge in [-0.3, -0.25) is 0 Å². The number of anilines is 3. The van der Waals surface area contributed by atoms with Crippen molar-refractivity contribution >= 4 is 39.1 Å². The average molecular weight is 1180 g/mol. The molecule has 446 valence electrons. The summed E-state index contributed by atoms with van der Waals surface area (Å²) in [6, 6.07) is 93.8. The van der Waals surface area contributed by atoms with Gasteiger partial charge in [0.1, 0.15) is 0 Å². The molecule has 2 heteroatoms. The van der Waals surface area contributed by atoms with E-state index >= 15 is 0 Å². The van der Waals surface area contributed by atoms with Gasteiger partial charge >= 0.3 is 0 Å². The van der Waals surface area contributed by atoms with E-state index in [1.165, 1.54) is 106 Å². The second-order valence-corrected chi connectivity index (χ2v) is 22.4. The molecule has 0 atom stereocenters. The fourth-order valence-corrected chi connectivity index (χ4v) is 13.3. The Morgan fingerprint density at radius 2 is 1.05 bits per heavy atom. The van der Waals surface area contributed by atoms with Gasteiger partial charge in [-0.1, -0.05) is 295 Å². The lowest BCUT2D eigenvalue weighted by Crippen LogP contribution is -2.28. The number of hydrogen-bond donors (Lipinski definition) is 0. The lowest BCUT2D eigenvalue weighted by Gasteiger charge is -2.35. The van der Waals surface area contributed by atoms with Crippen molar-refractivity contribution in [3.63, 3.8) is 0 Å². The van der Waals surface area contributed by atoms with Crippen LogP contribution in [0.4, 0.5) is 17.1 Å². The van der Waals surface area contributed by atoms with Crippen LogP contribution in [0, 0.1) is 0 Å². The normalized spacial score (nSPS) is 13.3. The molecule has 0 bridgehead atoms. The van der Waals surface area contributed by atoms with E-state index in [0.717, 1.165) is 47.6 Å². The summed E-state index contributed by atoms with van der Waals surface area (Å²) >= 11 is 0. The Bertz CT molecular complexity index is 4490. The first-order valence-electron chi connectivity index (χ1n) is 32.2. The third kappa shape index (κ3) is 12.1. The van der Waals surface area contributed by atoms with Crippen molar-refractivity contribution < 1.29 is 0 Å². The van der Waals surface area contributed by atoms with Gasteiger partial charge in [-0.2, -0.15) is 0 Å². The van der Waals surface area contributed by atoms with Gasteiger partial charge in [0.15, 0.2) is 0 Å². The summed E-state index contributed by atoms with van der Waals surface area (Å²) in [5, 5.41) is 1.26. The molecular formula is C89H80N2. The van der Waals surface area contributed by atoms with Crippen LogP contribution < -0.4 is 4.90 Å². The molecule has 1 aromatic heterocycles. The first-order valence-corrected chi connectivity index (χ1v) is 32.2. The molecule has 0 unspecified atom stereocenters. The zero-order valence-electron chi connectivity index (χ0n) is 53.2. The second kappa shape index (κ2) is 29.0. The van der Waals surface area contributed by atoms with Gasteiger partial charge in [0, 0.05) is 39.3 Å². The zero-order chi connectivity index (χ0) is 63.1. The Labute approximate surface area is 540 Å². The Morgan fingerprint density at radius 1 is 0.538 bits per heavy atom. The fourth-order valence-electron chi connectivity index (χ4n) is 13.3. The van der Waals surface area contributed by atoms with Crippen LogP contribution in [0.25, 0.3) is 72.2 Å². The van der Waals surface area contributed by atoms with E-state index in [9.17, 15) is 0 Å². The maximum absolute atomic E-state index is 4.01. The fraction of sp³-hybridized carbons (Fsp3) is 0.101. The summed E-state index contributed by atoms with van der Waals surface area (Å²) in [4.78, 5) is 2.42. The first kappa shape index (κ1) is 61.8. The number of allylic oxidation sites excluding steroid dienone is 15. The van der Waals surface area contributed by atoms with Crippen molar-refractivity contribution in [1.29, 1.82) is 0 Å². The van der Waals surface area contributed by atoms with Gasteiger partial charge in [-0.05, 0) is 170 Å². The minimum atomic E-state index is -0.514.